The fourth-order valence-electron chi connectivity index (χ4n) is 2.89. The Morgan fingerprint density at radius 3 is 2.43 bits per heavy atom. The van der Waals surface area contributed by atoms with Crippen molar-refractivity contribution in [3.8, 4) is 5.75 Å². The summed E-state index contributed by atoms with van der Waals surface area (Å²) < 4.78 is 81.7. The monoisotopic (exact) mass is 408 g/mol. The van der Waals surface area contributed by atoms with E-state index in [-0.39, 0.29) is 0 Å². The first-order valence-corrected chi connectivity index (χ1v) is 8.65. The zero-order valence-electron chi connectivity index (χ0n) is 14.6. The van der Waals surface area contributed by atoms with Gasteiger partial charge in [0.2, 0.25) is 0 Å². The molecule has 0 saturated carbocycles. The quantitative estimate of drug-likeness (QED) is 0.709. The molecule has 0 radical (unpaired) electrons. The molecule has 5 nitrogen and oxygen atoms in total. The maximum Gasteiger partial charge on any atom is 0.439 e. The number of alkyl halides is 6. The van der Waals surface area contributed by atoms with E-state index < -0.39 is 24.2 Å². The molecule has 0 bridgehead atoms. The number of hydrogen-bond acceptors (Lipinski definition) is 4. The van der Waals surface area contributed by atoms with Crippen LogP contribution >= 0.6 is 0 Å². The summed E-state index contributed by atoms with van der Waals surface area (Å²) in [4.78, 5) is 0. The Morgan fingerprint density at radius 2 is 1.75 bits per heavy atom. The molecule has 1 aliphatic rings. The molecule has 1 aromatic carbocycles. The van der Waals surface area contributed by atoms with Crippen molar-refractivity contribution in [2.75, 3.05) is 0 Å². The molecule has 1 aromatic heterocycles. The first-order valence-electron chi connectivity index (χ1n) is 8.65. The zero-order valence-corrected chi connectivity index (χ0v) is 14.6. The van der Waals surface area contributed by atoms with Gasteiger partial charge in [0, 0.05) is 19.5 Å². The van der Waals surface area contributed by atoms with E-state index in [2.05, 4.69) is 24.8 Å². The molecule has 0 saturated heterocycles. The van der Waals surface area contributed by atoms with Crippen LogP contribution in [0.4, 0.5) is 26.3 Å². The largest absolute Gasteiger partial charge is 0.439 e. The molecular formula is C17H18F6N4O. The molecule has 1 N–H and O–H groups in total. The standard InChI is InChI=1S/C17H18F6N4O/c18-15(16(19,20)21)17(22,23)28-12-6-4-11(5-7-12)9-24-10-14-26-25-13-3-1-2-8-27(13)14/h4-7,15,24H,1-3,8-10H2. The van der Waals surface area contributed by atoms with Crippen LogP contribution in [0.25, 0.3) is 0 Å². The van der Waals surface area contributed by atoms with Crippen molar-refractivity contribution < 1.29 is 31.1 Å². The lowest BCUT2D eigenvalue weighted by Crippen LogP contribution is -2.45. The fourth-order valence-corrected chi connectivity index (χ4v) is 2.89. The number of hydrogen-bond donors (Lipinski definition) is 1. The van der Waals surface area contributed by atoms with Crippen LogP contribution in [-0.4, -0.2) is 33.2 Å². The Labute approximate surface area is 156 Å². The van der Waals surface area contributed by atoms with Gasteiger partial charge >= 0.3 is 12.3 Å². The highest BCUT2D eigenvalue weighted by molar-refractivity contribution is 5.27. The van der Waals surface area contributed by atoms with Gasteiger partial charge in [-0.25, -0.2) is 4.39 Å². The number of benzene rings is 1. The molecule has 11 heteroatoms. The molecule has 0 aliphatic carbocycles. The van der Waals surface area contributed by atoms with Crippen molar-refractivity contribution in [2.45, 2.75) is 57.4 Å². The van der Waals surface area contributed by atoms with Crippen molar-refractivity contribution >= 4 is 0 Å². The third-order valence-electron chi connectivity index (χ3n) is 4.31. The maximum atomic E-state index is 13.3. The predicted molar refractivity (Wildman–Crippen MR) is 86.5 cm³/mol. The van der Waals surface area contributed by atoms with E-state index in [0.717, 1.165) is 49.6 Å². The minimum absolute atomic E-state index is 0.368. The van der Waals surface area contributed by atoms with Gasteiger partial charge in [-0.15, -0.1) is 10.2 Å². The average molecular weight is 408 g/mol. The predicted octanol–water partition coefficient (Wildman–Crippen LogP) is 3.78. The Bertz CT molecular complexity index is 790. The molecule has 1 aliphatic heterocycles. The van der Waals surface area contributed by atoms with Crippen LogP contribution in [0.3, 0.4) is 0 Å². The third kappa shape index (κ3) is 4.75. The smallest absolute Gasteiger partial charge is 0.430 e. The molecule has 0 fully saturated rings. The molecule has 28 heavy (non-hydrogen) atoms. The summed E-state index contributed by atoms with van der Waals surface area (Å²) in [5, 5.41) is 11.4. The van der Waals surface area contributed by atoms with Crippen molar-refractivity contribution in [3.05, 3.63) is 41.5 Å². The highest BCUT2D eigenvalue weighted by Gasteiger charge is 2.59. The molecule has 2 aromatic rings. The second-order valence-electron chi connectivity index (χ2n) is 6.46. The van der Waals surface area contributed by atoms with Gasteiger partial charge in [-0.1, -0.05) is 12.1 Å². The zero-order chi connectivity index (χ0) is 20.4. The Hall–Kier alpha value is -2.30. The van der Waals surface area contributed by atoms with Crippen molar-refractivity contribution in [1.29, 1.82) is 0 Å². The van der Waals surface area contributed by atoms with Crippen LogP contribution in [0.2, 0.25) is 0 Å². The van der Waals surface area contributed by atoms with Gasteiger partial charge in [0.15, 0.2) is 0 Å². The van der Waals surface area contributed by atoms with Gasteiger partial charge in [0.1, 0.15) is 17.4 Å². The van der Waals surface area contributed by atoms with Crippen LogP contribution in [0.5, 0.6) is 5.75 Å². The molecular weight excluding hydrogens is 390 g/mol. The molecule has 0 spiro atoms. The van der Waals surface area contributed by atoms with Crippen LogP contribution in [0.1, 0.15) is 30.1 Å². The van der Waals surface area contributed by atoms with E-state index in [0.29, 0.717) is 18.7 Å². The lowest BCUT2D eigenvalue weighted by Gasteiger charge is -2.23. The van der Waals surface area contributed by atoms with Gasteiger partial charge in [0.25, 0.3) is 6.17 Å². The summed E-state index contributed by atoms with van der Waals surface area (Å²) in [6.07, 6.45) is -12.1. The number of fused-ring (bicyclic) bond motifs is 1. The Balaban J connectivity index is 1.53. The SMILES string of the molecule is FC(C(F)(F)F)C(F)(F)Oc1ccc(CNCc2nnc3n2CCCC3)cc1. The van der Waals surface area contributed by atoms with E-state index in [1.807, 2.05) is 0 Å². The highest BCUT2D eigenvalue weighted by atomic mass is 19.4. The van der Waals surface area contributed by atoms with Crippen molar-refractivity contribution in [1.82, 2.24) is 20.1 Å². The summed E-state index contributed by atoms with van der Waals surface area (Å²) >= 11 is 0. The highest BCUT2D eigenvalue weighted by Crippen LogP contribution is 2.36. The van der Waals surface area contributed by atoms with E-state index in [9.17, 15) is 26.3 Å². The normalized spacial score (nSPS) is 15.9. The molecule has 1 atom stereocenters. The maximum absolute atomic E-state index is 13.3. The topological polar surface area (TPSA) is 52.0 Å². The number of aryl methyl sites for hydroxylation is 1. The number of halogens is 6. The van der Waals surface area contributed by atoms with Gasteiger partial charge in [-0.3, -0.25) is 0 Å². The van der Waals surface area contributed by atoms with Crippen LogP contribution in [-0.2, 0) is 26.1 Å². The second kappa shape index (κ2) is 7.98. The number of ether oxygens (including phenoxy) is 1. The molecule has 154 valence electrons. The average Bonchev–Trinajstić information content (AvgIpc) is 3.05. The van der Waals surface area contributed by atoms with Crippen molar-refractivity contribution in [2.24, 2.45) is 0 Å². The number of aromatic nitrogens is 3. The minimum atomic E-state index is -5.71. The molecule has 1 unspecified atom stereocenters. The fraction of sp³-hybridized carbons (Fsp3) is 0.529. The first-order chi connectivity index (χ1) is 13.2. The lowest BCUT2D eigenvalue weighted by molar-refractivity contribution is -0.304. The summed E-state index contributed by atoms with van der Waals surface area (Å²) in [6, 6.07) is 4.93. The van der Waals surface area contributed by atoms with E-state index in [4.69, 9.17) is 0 Å². The first kappa shape index (κ1) is 20.4. The van der Waals surface area contributed by atoms with Crippen LogP contribution in [0.15, 0.2) is 24.3 Å². The van der Waals surface area contributed by atoms with E-state index in [1.54, 1.807) is 0 Å². The van der Waals surface area contributed by atoms with Gasteiger partial charge in [-0.2, -0.15) is 22.0 Å². The summed E-state index contributed by atoms with van der Waals surface area (Å²) in [6.45, 7) is 1.69. The Kier molecular flexibility index (Phi) is 5.82. The van der Waals surface area contributed by atoms with Gasteiger partial charge in [0.05, 0.1) is 6.54 Å². The Morgan fingerprint density at radius 1 is 1.04 bits per heavy atom. The summed E-state index contributed by atoms with van der Waals surface area (Å²) in [7, 11) is 0. The third-order valence-corrected chi connectivity index (χ3v) is 4.31. The second-order valence-corrected chi connectivity index (χ2v) is 6.46. The summed E-state index contributed by atoms with van der Waals surface area (Å²) in [5.74, 6) is 1.19. The molecule has 3 rings (SSSR count). The minimum Gasteiger partial charge on any atom is -0.430 e. The van der Waals surface area contributed by atoms with Crippen LogP contribution < -0.4 is 10.1 Å². The number of rotatable bonds is 7. The number of nitrogens with one attached hydrogen (secondary N) is 1. The molecule has 0 amide bonds. The van der Waals surface area contributed by atoms with Crippen LogP contribution in [0, 0.1) is 0 Å². The molecule has 2 heterocycles. The number of nitrogens with zero attached hydrogens (tertiary/aromatic N) is 3. The van der Waals surface area contributed by atoms with Gasteiger partial charge in [-0.05, 0) is 30.5 Å². The summed E-state index contributed by atoms with van der Waals surface area (Å²) in [5.41, 5.74) is 0.682. The lowest BCUT2D eigenvalue weighted by atomic mass is 10.1. The van der Waals surface area contributed by atoms with Crippen molar-refractivity contribution in [3.63, 3.8) is 0 Å². The van der Waals surface area contributed by atoms with E-state index >= 15 is 0 Å². The van der Waals surface area contributed by atoms with E-state index in [1.165, 1.54) is 12.1 Å². The van der Waals surface area contributed by atoms with Gasteiger partial charge < -0.3 is 14.6 Å².